The number of rotatable bonds is 7. The Bertz CT molecular complexity index is 2680. The molecule has 6 aromatic rings. The lowest BCUT2D eigenvalue weighted by Gasteiger charge is -2.37. The minimum Gasteiger partial charge on any atom is -0.268 e. The van der Waals surface area contributed by atoms with E-state index in [1.807, 2.05) is 52.0 Å². The van der Waals surface area contributed by atoms with Crippen LogP contribution in [0.5, 0.6) is 0 Å². The van der Waals surface area contributed by atoms with Gasteiger partial charge in [-0.2, -0.15) is 0 Å². The number of fused-ring (bicyclic) bond motifs is 2. The Morgan fingerprint density at radius 2 is 1.23 bits per heavy atom. The number of carbonyl (C=O) groups is 4. The fourth-order valence-corrected chi connectivity index (χ4v) is 9.05. The second-order valence-corrected chi connectivity index (χ2v) is 16.1. The normalized spacial score (nSPS) is 14.3. The molecule has 2 aliphatic heterocycles. The lowest BCUT2D eigenvalue weighted by Crippen LogP contribution is -2.57. The van der Waals surface area contributed by atoms with Crippen molar-refractivity contribution in [3.63, 3.8) is 0 Å². The van der Waals surface area contributed by atoms with Crippen LogP contribution in [0.3, 0.4) is 0 Å². The van der Waals surface area contributed by atoms with Crippen LogP contribution in [0.2, 0.25) is 0 Å². The first-order chi connectivity index (χ1) is 26.8. The van der Waals surface area contributed by atoms with E-state index in [1.165, 1.54) is 33.3 Å². The average molecular weight is 796 g/mol. The Hall–Kier alpha value is -6.35. The van der Waals surface area contributed by atoms with Crippen molar-refractivity contribution in [2.45, 2.75) is 36.9 Å². The highest BCUT2D eigenvalue weighted by Gasteiger charge is 2.42. The molecule has 0 spiro atoms. The van der Waals surface area contributed by atoms with Gasteiger partial charge in [0.15, 0.2) is 9.45 Å². The van der Waals surface area contributed by atoms with Crippen molar-refractivity contribution in [1.29, 1.82) is 0 Å². The lowest BCUT2D eigenvalue weighted by molar-refractivity contribution is -0.387. The molecule has 3 heterocycles. The molecular formula is C42H29N5O6S3. The highest BCUT2D eigenvalue weighted by atomic mass is 32.2. The number of carbonyl (C=O) groups excluding carboxylic acids is 4. The van der Waals surface area contributed by atoms with Gasteiger partial charge in [-0.25, -0.2) is 9.88 Å². The molecule has 4 amide bonds. The van der Waals surface area contributed by atoms with E-state index in [9.17, 15) is 29.3 Å². The Morgan fingerprint density at radius 3 is 1.79 bits per heavy atom. The number of aryl methyl sites for hydroxylation is 4. The van der Waals surface area contributed by atoms with E-state index in [1.54, 1.807) is 66.7 Å². The molecular weight excluding hydrogens is 767 g/mol. The number of imide groups is 1. The van der Waals surface area contributed by atoms with Crippen molar-refractivity contribution in [2.75, 3.05) is 14.7 Å². The smallest absolute Gasteiger partial charge is 0.268 e. The first-order valence-electron chi connectivity index (χ1n) is 17.2. The summed E-state index contributed by atoms with van der Waals surface area (Å²) in [5.41, 5.74) is 6.32. The molecule has 1 fully saturated rings. The molecule has 0 N–H and O–H groups in total. The molecule has 5 aromatic carbocycles. The number of nitrogens with zero attached hydrogens (tertiary/aromatic N) is 5. The molecule has 14 heteroatoms. The Balaban J connectivity index is 1.13. The van der Waals surface area contributed by atoms with E-state index in [2.05, 4.69) is 4.98 Å². The zero-order valence-electron chi connectivity index (χ0n) is 30.2. The average Bonchev–Trinajstić information content (AvgIpc) is 3.69. The summed E-state index contributed by atoms with van der Waals surface area (Å²) in [6.07, 6.45) is 1.36. The zero-order valence-corrected chi connectivity index (χ0v) is 32.7. The number of nitro benzene ring substituents is 1. The van der Waals surface area contributed by atoms with Gasteiger partial charge in [0.05, 0.1) is 48.2 Å². The van der Waals surface area contributed by atoms with Crippen LogP contribution >= 0.6 is 35.3 Å². The van der Waals surface area contributed by atoms with Gasteiger partial charge in [-0.05, 0) is 134 Å². The fourth-order valence-electron chi connectivity index (χ4n) is 6.53. The Labute approximate surface area is 334 Å². The standard InChI is InChI=1S/C42H29N5O6S3/c1-22-9-12-27(17-24(22)3)45-39(50)32(40(51)46(42(45)54)28-13-10-23(2)25(4)18-28)19-26-11-16-35(34(20-26)47(52)53)55-41-43-33-15-14-29(21-36(33)56-41)44-37(48)30-7-5-6-8-31(30)38(44)49/h5-21H,1-4H3. The number of nitro groups is 1. The second kappa shape index (κ2) is 14.1. The zero-order chi connectivity index (χ0) is 39.6. The molecule has 276 valence electrons. The van der Waals surface area contributed by atoms with Gasteiger partial charge in [0.2, 0.25) is 0 Å². The fraction of sp³-hybridized carbons (Fsp3) is 0.0952. The summed E-state index contributed by atoms with van der Waals surface area (Å²) < 4.78 is 1.17. The van der Waals surface area contributed by atoms with Gasteiger partial charge in [0, 0.05) is 6.07 Å². The van der Waals surface area contributed by atoms with Crippen molar-refractivity contribution in [2.24, 2.45) is 0 Å². The number of amides is 4. The highest BCUT2D eigenvalue weighted by Crippen LogP contribution is 2.41. The maximum absolute atomic E-state index is 14.2. The molecule has 1 aromatic heterocycles. The van der Waals surface area contributed by atoms with Crippen LogP contribution in [-0.4, -0.2) is 38.6 Å². The van der Waals surface area contributed by atoms with Crippen molar-refractivity contribution in [3.8, 4) is 0 Å². The van der Waals surface area contributed by atoms with Crippen LogP contribution in [0.1, 0.15) is 48.5 Å². The maximum atomic E-state index is 14.2. The van der Waals surface area contributed by atoms with Gasteiger partial charge in [-0.1, -0.05) is 42.1 Å². The van der Waals surface area contributed by atoms with Gasteiger partial charge >= 0.3 is 0 Å². The third kappa shape index (κ3) is 6.27. The molecule has 1 saturated heterocycles. The third-order valence-electron chi connectivity index (χ3n) is 9.84. The van der Waals surface area contributed by atoms with E-state index < -0.39 is 28.6 Å². The van der Waals surface area contributed by atoms with Crippen LogP contribution in [0.15, 0.2) is 112 Å². The van der Waals surface area contributed by atoms with E-state index in [0.29, 0.717) is 42.7 Å². The molecule has 0 aliphatic carbocycles. The Morgan fingerprint density at radius 1 is 0.679 bits per heavy atom. The quantitative estimate of drug-likeness (QED) is 0.0387. The molecule has 56 heavy (non-hydrogen) atoms. The van der Waals surface area contributed by atoms with E-state index in [-0.39, 0.29) is 26.8 Å². The van der Waals surface area contributed by atoms with Gasteiger partial charge < -0.3 is 0 Å². The first-order valence-corrected chi connectivity index (χ1v) is 19.3. The third-order valence-corrected chi connectivity index (χ3v) is 12.3. The summed E-state index contributed by atoms with van der Waals surface area (Å²) in [7, 11) is 0. The molecule has 11 nitrogen and oxygen atoms in total. The molecule has 0 saturated carbocycles. The molecule has 8 rings (SSSR count). The van der Waals surface area contributed by atoms with Crippen LogP contribution < -0.4 is 14.7 Å². The summed E-state index contributed by atoms with van der Waals surface area (Å²) in [5.74, 6) is -2.13. The van der Waals surface area contributed by atoms with Gasteiger partial charge in [-0.3, -0.25) is 39.1 Å². The number of thiocarbonyl (C=S) groups is 1. The van der Waals surface area contributed by atoms with Crippen LogP contribution in [0.25, 0.3) is 16.3 Å². The number of aromatic nitrogens is 1. The molecule has 0 atom stereocenters. The molecule has 0 unspecified atom stereocenters. The molecule has 0 radical (unpaired) electrons. The van der Waals surface area contributed by atoms with Gasteiger partial charge in [0.25, 0.3) is 29.3 Å². The highest BCUT2D eigenvalue weighted by molar-refractivity contribution is 8.01. The summed E-state index contributed by atoms with van der Waals surface area (Å²) in [4.78, 5) is 75.2. The first kappa shape index (κ1) is 36.6. The number of thiazole rings is 1. The lowest BCUT2D eigenvalue weighted by atomic mass is 10.0. The summed E-state index contributed by atoms with van der Waals surface area (Å²) >= 11 is 8.15. The Kier molecular flexibility index (Phi) is 9.19. The van der Waals surface area contributed by atoms with Crippen molar-refractivity contribution < 1.29 is 24.1 Å². The number of benzene rings is 5. The predicted molar refractivity (Wildman–Crippen MR) is 222 cm³/mol. The van der Waals surface area contributed by atoms with Gasteiger partial charge in [-0.15, -0.1) is 11.3 Å². The van der Waals surface area contributed by atoms with Gasteiger partial charge in [0.1, 0.15) is 5.57 Å². The van der Waals surface area contributed by atoms with Crippen LogP contribution in [-0.2, 0) is 9.59 Å². The van der Waals surface area contributed by atoms with Crippen LogP contribution in [0, 0.1) is 37.8 Å². The number of anilines is 3. The van der Waals surface area contributed by atoms with E-state index in [4.69, 9.17) is 12.2 Å². The van der Waals surface area contributed by atoms with Crippen LogP contribution in [0.4, 0.5) is 22.7 Å². The molecule has 0 bridgehead atoms. The van der Waals surface area contributed by atoms with Crippen molar-refractivity contribution in [1.82, 2.24) is 4.98 Å². The summed E-state index contributed by atoms with van der Waals surface area (Å²) in [6.45, 7) is 7.74. The topological polar surface area (TPSA) is 134 Å². The van der Waals surface area contributed by atoms with E-state index >= 15 is 0 Å². The maximum Gasteiger partial charge on any atom is 0.283 e. The SMILES string of the molecule is Cc1ccc(N2C(=O)C(=Cc3ccc(Sc4nc5ccc(N6C(=O)c7ccccc7C6=O)cc5s4)c([N+](=O)[O-])c3)C(=O)N(c3ccc(C)c(C)c3)C2=S)cc1C. The predicted octanol–water partition coefficient (Wildman–Crippen LogP) is 9.14. The number of hydrogen-bond donors (Lipinski definition) is 0. The van der Waals surface area contributed by atoms with Crippen molar-refractivity contribution >= 4 is 103 Å². The second-order valence-electron chi connectivity index (χ2n) is 13.4. The summed E-state index contributed by atoms with van der Waals surface area (Å²) in [6, 6.07) is 27.1. The van der Waals surface area contributed by atoms with E-state index in [0.717, 1.165) is 38.9 Å². The number of hydrogen-bond acceptors (Lipinski definition) is 10. The minimum absolute atomic E-state index is 0.00642. The summed E-state index contributed by atoms with van der Waals surface area (Å²) in [5, 5.41) is 12.5. The largest absolute Gasteiger partial charge is 0.283 e. The van der Waals surface area contributed by atoms with Crippen molar-refractivity contribution in [3.05, 3.63) is 152 Å². The minimum atomic E-state index is -0.653. The molecule has 2 aliphatic rings. The monoisotopic (exact) mass is 795 g/mol.